The topological polar surface area (TPSA) is 83.0 Å². The van der Waals surface area contributed by atoms with Crippen molar-refractivity contribution in [3.05, 3.63) is 53.6 Å². The number of nitrogens with zero attached hydrogens (tertiary/aromatic N) is 1. The van der Waals surface area contributed by atoms with E-state index in [9.17, 15) is 9.90 Å². The number of anilines is 1. The number of phenols is 1. The molecule has 0 radical (unpaired) electrons. The van der Waals surface area contributed by atoms with Crippen LogP contribution in [0.2, 0.25) is 0 Å². The van der Waals surface area contributed by atoms with Crippen molar-refractivity contribution < 1.29 is 14.6 Å². The Bertz CT molecular complexity index is 759. The SMILES string of the molecule is CCOc1ccc(/C=N\NC(=O)[C@H](C)Nc2ccccc2C)cc1O. The van der Waals surface area contributed by atoms with E-state index < -0.39 is 6.04 Å². The second-order valence-corrected chi connectivity index (χ2v) is 5.58. The highest BCUT2D eigenvalue weighted by molar-refractivity contribution is 5.86. The summed E-state index contributed by atoms with van der Waals surface area (Å²) in [5, 5.41) is 16.9. The molecule has 25 heavy (non-hydrogen) atoms. The fourth-order valence-corrected chi connectivity index (χ4v) is 2.19. The summed E-state index contributed by atoms with van der Waals surface area (Å²) in [5.41, 5.74) is 5.11. The zero-order valence-electron chi connectivity index (χ0n) is 14.6. The maximum absolute atomic E-state index is 12.1. The molecule has 0 heterocycles. The molecular weight excluding hydrogens is 318 g/mol. The van der Waals surface area contributed by atoms with E-state index in [1.54, 1.807) is 19.1 Å². The van der Waals surface area contributed by atoms with E-state index in [4.69, 9.17) is 4.74 Å². The second-order valence-electron chi connectivity index (χ2n) is 5.58. The number of hydrogen-bond acceptors (Lipinski definition) is 5. The Hall–Kier alpha value is -3.02. The highest BCUT2D eigenvalue weighted by Gasteiger charge is 2.12. The molecule has 0 aliphatic rings. The van der Waals surface area contributed by atoms with Crippen molar-refractivity contribution in [2.24, 2.45) is 5.10 Å². The standard InChI is InChI=1S/C19H23N3O3/c1-4-25-18-10-9-15(11-17(18)23)12-20-22-19(24)14(3)21-16-8-6-5-7-13(16)2/h5-12,14,21,23H,4H2,1-3H3,(H,22,24)/b20-12-/t14-/m0/s1. The quantitative estimate of drug-likeness (QED) is 0.534. The van der Waals surface area contributed by atoms with E-state index in [2.05, 4.69) is 15.8 Å². The van der Waals surface area contributed by atoms with Gasteiger partial charge in [-0.2, -0.15) is 5.10 Å². The molecule has 1 atom stereocenters. The van der Waals surface area contributed by atoms with Gasteiger partial charge in [0.05, 0.1) is 12.8 Å². The van der Waals surface area contributed by atoms with Gasteiger partial charge in [-0.1, -0.05) is 18.2 Å². The number of hydrogen-bond donors (Lipinski definition) is 3. The number of carbonyl (C=O) groups excluding carboxylic acids is 1. The van der Waals surface area contributed by atoms with Crippen LogP contribution in [0.3, 0.4) is 0 Å². The van der Waals surface area contributed by atoms with Gasteiger partial charge in [0, 0.05) is 5.69 Å². The monoisotopic (exact) mass is 341 g/mol. The lowest BCUT2D eigenvalue weighted by Crippen LogP contribution is -2.35. The first-order chi connectivity index (χ1) is 12.0. The van der Waals surface area contributed by atoms with Gasteiger partial charge in [-0.25, -0.2) is 5.43 Å². The van der Waals surface area contributed by atoms with E-state index in [-0.39, 0.29) is 11.7 Å². The number of phenolic OH excluding ortho intramolecular Hbond substituents is 1. The smallest absolute Gasteiger partial charge is 0.262 e. The van der Waals surface area contributed by atoms with Crippen LogP contribution in [0.5, 0.6) is 11.5 Å². The van der Waals surface area contributed by atoms with Crippen LogP contribution in [0.25, 0.3) is 0 Å². The zero-order chi connectivity index (χ0) is 18.2. The molecule has 0 fully saturated rings. The summed E-state index contributed by atoms with van der Waals surface area (Å²) >= 11 is 0. The summed E-state index contributed by atoms with van der Waals surface area (Å²) in [4.78, 5) is 12.1. The summed E-state index contributed by atoms with van der Waals surface area (Å²) in [7, 11) is 0. The van der Waals surface area contributed by atoms with E-state index in [1.165, 1.54) is 12.3 Å². The van der Waals surface area contributed by atoms with Gasteiger partial charge in [-0.15, -0.1) is 0 Å². The summed E-state index contributed by atoms with van der Waals surface area (Å²) in [5.74, 6) is 0.195. The molecule has 0 bridgehead atoms. The van der Waals surface area contributed by atoms with Crippen molar-refractivity contribution in [1.29, 1.82) is 0 Å². The summed E-state index contributed by atoms with van der Waals surface area (Å²) in [6.07, 6.45) is 1.47. The Balaban J connectivity index is 1.91. The molecule has 0 aromatic heterocycles. The molecule has 2 aromatic carbocycles. The molecule has 0 saturated heterocycles. The van der Waals surface area contributed by atoms with Gasteiger partial charge in [0.1, 0.15) is 6.04 Å². The van der Waals surface area contributed by atoms with Crippen LogP contribution >= 0.6 is 0 Å². The minimum Gasteiger partial charge on any atom is -0.504 e. The number of aromatic hydroxyl groups is 1. The third kappa shape index (κ3) is 5.24. The van der Waals surface area contributed by atoms with Crippen molar-refractivity contribution in [3.8, 4) is 11.5 Å². The van der Waals surface area contributed by atoms with Crippen LogP contribution < -0.4 is 15.5 Å². The molecule has 0 aliphatic heterocycles. The van der Waals surface area contributed by atoms with Crippen LogP contribution in [0, 0.1) is 6.92 Å². The first-order valence-corrected chi connectivity index (χ1v) is 8.12. The van der Waals surface area contributed by atoms with Crippen LogP contribution in [0.15, 0.2) is 47.6 Å². The maximum atomic E-state index is 12.1. The molecule has 2 aromatic rings. The number of benzene rings is 2. The lowest BCUT2D eigenvalue weighted by molar-refractivity contribution is -0.121. The Morgan fingerprint density at radius 3 is 2.76 bits per heavy atom. The lowest BCUT2D eigenvalue weighted by Gasteiger charge is -2.15. The predicted octanol–water partition coefficient (Wildman–Crippen LogP) is 3.05. The van der Waals surface area contributed by atoms with E-state index in [1.807, 2.05) is 38.1 Å². The first kappa shape index (κ1) is 18.3. The number of para-hydroxylation sites is 1. The number of aryl methyl sites for hydroxylation is 1. The van der Waals surface area contributed by atoms with Crippen molar-refractivity contribution >= 4 is 17.8 Å². The molecule has 2 rings (SSSR count). The van der Waals surface area contributed by atoms with Crippen LogP contribution in [0.1, 0.15) is 25.0 Å². The third-order valence-corrected chi connectivity index (χ3v) is 3.58. The van der Waals surface area contributed by atoms with Crippen LogP contribution in [-0.4, -0.2) is 29.9 Å². The van der Waals surface area contributed by atoms with Gasteiger partial charge in [0.2, 0.25) is 0 Å². The van der Waals surface area contributed by atoms with Gasteiger partial charge in [-0.3, -0.25) is 4.79 Å². The van der Waals surface area contributed by atoms with E-state index >= 15 is 0 Å². The zero-order valence-corrected chi connectivity index (χ0v) is 14.6. The largest absolute Gasteiger partial charge is 0.504 e. The molecule has 6 nitrogen and oxygen atoms in total. The van der Waals surface area contributed by atoms with Gasteiger partial charge in [0.25, 0.3) is 5.91 Å². The molecule has 0 saturated carbocycles. The molecular formula is C19H23N3O3. The summed E-state index contributed by atoms with van der Waals surface area (Å²) < 4.78 is 5.26. The minimum atomic E-state index is -0.438. The number of ether oxygens (including phenoxy) is 1. The Labute approximate surface area is 147 Å². The minimum absolute atomic E-state index is 0.0340. The van der Waals surface area contributed by atoms with E-state index in [0.717, 1.165) is 11.3 Å². The van der Waals surface area contributed by atoms with Crippen LogP contribution in [-0.2, 0) is 4.79 Å². The van der Waals surface area contributed by atoms with Crippen molar-refractivity contribution in [3.63, 3.8) is 0 Å². The fraction of sp³-hybridized carbons (Fsp3) is 0.263. The highest BCUT2D eigenvalue weighted by Crippen LogP contribution is 2.26. The number of hydrazone groups is 1. The van der Waals surface area contributed by atoms with Crippen molar-refractivity contribution in [1.82, 2.24) is 5.43 Å². The number of rotatable bonds is 7. The molecule has 6 heteroatoms. The van der Waals surface area contributed by atoms with Gasteiger partial charge in [0.15, 0.2) is 11.5 Å². The molecule has 3 N–H and O–H groups in total. The maximum Gasteiger partial charge on any atom is 0.262 e. The van der Waals surface area contributed by atoms with Gasteiger partial charge < -0.3 is 15.2 Å². The molecule has 1 amide bonds. The van der Waals surface area contributed by atoms with Crippen molar-refractivity contribution in [2.75, 3.05) is 11.9 Å². The Morgan fingerprint density at radius 2 is 2.08 bits per heavy atom. The second kappa shape index (κ2) is 8.73. The number of carbonyl (C=O) groups is 1. The van der Waals surface area contributed by atoms with Crippen molar-refractivity contribution in [2.45, 2.75) is 26.8 Å². The number of nitrogens with one attached hydrogen (secondary N) is 2. The van der Waals surface area contributed by atoms with E-state index in [0.29, 0.717) is 17.9 Å². The highest BCUT2D eigenvalue weighted by atomic mass is 16.5. The normalized spacial score (nSPS) is 12.0. The average Bonchev–Trinajstić information content (AvgIpc) is 2.59. The molecule has 0 unspecified atom stereocenters. The molecule has 0 aliphatic carbocycles. The third-order valence-electron chi connectivity index (χ3n) is 3.58. The Morgan fingerprint density at radius 1 is 1.32 bits per heavy atom. The number of amides is 1. The molecule has 0 spiro atoms. The summed E-state index contributed by atoms with van der Waals surface area (Å²) in [6, 6.07) is 12.2. The average molecular weight is 341 g/mol. The van der Waals surface area contributed by atoms with Crippen LogP contribution in [0.4, 0.5) is 5.69 Å². The Kier molecular flexibility index (Phi) is 6.39. The van der Waals surface area contributed by atoms with Gasteiger partial charge in [-0.05, 0) is 56.2 Å². The molecule has 132 valence electrons. The van der Waals surface area contributed by atoms with Gasteiger partial charge >= 0.3 is 0 Å². The predicted molar refractivity (Wildman–Crippen MR) is 99.3 cm³/mol. The first-order valence-electron chi connectivity index (χ1n) is 8.12. The summed E-state index contributed by atoms with van der Waals surface area (Å²) in [6.45, 7) is 6.06. The lowest BCUT2D eigenvalue weighted by atomic mass is 10.2. The fourth-order valence-electron chi connectivity index (χ4n) is 2.19.